The van der Waals surface area contributed by atoms with Crippen molar-refractivity contribution < 1.29 is 35.6 Å². The predicted molar refractivity (Wildman–Crippen MR) is 94.0 cm³/mol. The van der Waals surface area contributed by atoms with Crippen LogP contribution in [0.4, 0.5) is 13.2 Å². The second kappa shape index (κ2) is 7.77. The molecular formula is C14H13Cl2F3NO5PS. The van der Waals surface area contributed by atoms with Crippen LogP contribution in [0.15, 0.2) is 46.0 Å². The van der Waals surface area contributed by atoms with Gasteiger partial charge in [0.15, 0.2) is 0 Å². The minimum Gasteiger partial charge on any atom is -0.324 e. The van der Waals surface area contributed by atoms with Crippen LogP contribution in [0.2, 0.25) is 5.02 Å². The maximum Gasteiger partial charge on any atom is 0.417 e. The second-order valence-electron chi connectivity index (χ2n) is 5.43. The largest absolute Gasteiger partial charge is 0.417 e. The van der Waals surface area contributed by atoms with Crippen LogP contribution in [0, 0.1) is 0 Å². The SMILES string of the molecule is COP(=O)(O)C1CC=C(Cl)C=C1NS(=O)(=O)c1ccc(Cl)c(C(F)(F)F)c1. The molecule has 1 aromatic carbocycles. The van der Waals surface area contributed by atoms with Gasteiger partial charge in [0.25, 0.3) is 10.0 Å². The van der Waals surface area contributed by atoms with Crippen molar-refractivity contribution in [3.8, 4) is 0 Å². The van der Waals surface area contributed by atoms with Crippen LogP contribution in [0.1, 0.15) is 12.0 Å². The molecule has 1 aromatic rings. The third-order valence-electron chi connectivity index (χ3n) is 3.65. The molecule has 2 unspecified atom stereocenters. The third-order valence-corrected chi connectivity index (χ3v) is 7.42. The zero-order valence-corrected chi connectivity index (χ0v) is 16.7. The first-order chi connectivity index (χ1) is 12.3. The molecule has 13 heteroatoms. The number of benzene rings is 1. The van der Waals surface area contributed by atoms with Gasteiger partial charge < -0.3 is 9.42 Å². The van der Waals surface area contributed by atoms with Crippen LogP contribution in [-0.2, 0) is 25.3 Å². The average Bonchev–Trinajstić information content (AvgIpc) is 2.53. The molecule has 6 nitrogen and oxygen atoms in total. The van der Waals surface area contributed by atoms with Crippen LogP contribution in [0.25, 0.3) is 0 Å². The first kappa shape index (κ1) is 22.3. The molecule has 0 radical (unpaired) electrons. The fourth-order valence-electron chi connectivity index (χ4n) is 2.29. The number of sulfonamides is 1. The van der Waals surface area contributed by atoms with Gasteiger partial charge in [-0.1, -0.05) is 29.3 Å². The molecule has 0 saturated heterocycles. The van der Waals surface area contributed by atoms with Crippen LogP contribution in [-0.4, -0.2) is 26.1 Å². The van der Waals surface area contributed by atoms with E-state index in [0.29, 0.717) is 6.07 Å². The van der Waals surface area contributed by atoms with Gasteiger partial charge in [-0.3, -0.25) is 9.29 Å². The van der Waals surface area contributed by atoms with Crippen molar-refractivity contribution in [2.45, 2.75) is 23.2 Å². The molecule has 0 spiro atoms. The molecule has 1 aliphatic carbocycles. The second-order valence-corrected chi connectivity index (χ2v) is 10.1. The number of rotatable bonds is 5. The highest BCUT2D eigenvalue weighted by Gasteiger charge is 2.38. The minimum atomic E-state index is -4.86. The summed E-state index contributed by atoms with van der Waals surface area (Å²) in [6, 6.07) is 2.05. The molecule has 27 heavy (non-hydrogen) atoms. The number of hydrogen-bond acceptors (Lipinski definition) is 4. The summed E-state index contributed by atoms with van der Waals surface area (Å²) in [7, 11) is -7.81. The third kappa shape index (κ3) is 5.07. The molecule has 0 saturated carbocycles. The lowest BCUT2D eigenvalue weighted by Crippen LogP contribution is -2.31. The zero-order chi connectivity index (χ0) is 20.6. The van der Waals surface area contributed by atoms with E-state index < -0.39 is 44.9 Å². The van der Waals surface area contributed by atoms with Crippen LogP contribution in [0.3, 0.4) is 0 Å². The highest BCUT2D eigenvalue weighted by molar-refractivity contribution is 7.89. The molecule has 150 valence electrons. The van der Waals surface area contributed by atoms with Gasteiger partial charge >= 0.3 is 13.8 Å². The lowest BCUT2D eigenvalue weighted by molar-refractivity contribution is -0.137. The van der Waals surface area contributed by atoms with Gasteiger partial charge in [0.1, 0.15) is 5.66 Å². The standard InChI is InChI=1S/C14H13Cl2F3NO5PS/c1-25-26(21,22)13-5-2-8(15)6-12(13)20-27(23,24)9-3-4-11(16)10(7-9)14(17,18)19/h2-4,6-7,13,20H,5H2,1H3,(H,21,22). The Labute approximate surface area is 163 Å². The number of halogens is 5. The molecular weight excluding hydrogens is 453 g/mol. The predicted octanol–water partition coefficient (Wildman–Crippen LogP) is 4.25. The van der Waals surface area contributed by atoms with E-state index in [1.54, 1.807) is 0 Å². The number of nitrogens with one attached hydrogen (secondary N) is 1. The van der Waals surface area contributed by atoms with E-state index in [4.69, 9.17) is 23.2 Å². The number of hydrogen-bond donors (Lipinski definition) is 2. The maximum atomic E-state index is 13.0. The lowest BCUT2D eigenvalue weighted by Gasteiger charge is -2.26. The fourth-order valence-corrected chi connectivity index (χ4v) is 5.08. The van der Waals surface area contributed by atoms with Gasteiger partial charge in [0.05, 0.1) is 15.5 Å². The van der Waals surface area contributed by atoms with Gasteiger partial charge in [-0.05, 0) is 30.7 Å². The topological polar surface area (TPSA) is 92.7 Å². The van der Waals surface area contributed by atoms with E-state index in [9.17, 15) is 31.0 Å². The number of alkyl halides is 3. The molecule has 1 aliphatic rings. The van der Waals surface area contributed by atoms with Crippen molar-refractivity contribution in [3.05, 3.63) is 51.7 Å². The summed E-state index contributed by atoms with van der Waals surface area (Å²) < 4.78 is 82.6. The first-order valence-electron chi connectivity index (χ1n) is 7.13. The van der Waals surface area contributed by atoms with Crippen molar-refractivity contribution in [1.82, 2.24) is 4.72 Å². The molecule has 0 bridgehead atoms. The molecule has 0 aliphatic heterocycles. The molecule has 0 fully saturated rings. The molecule has 2 N–H and O–H groups in total. The molecule has 2 rings (SSSR count). The zero-order valence-electron chi connectivity index (χ0n) is 13.5. The number of allylic oxidation sites excluding steroid dienone is 4. The Morgan fingerprint density at radius 2 is 1.96 bits per heavy atom. The Morgan fingerprint density at radius 1 is 1.33 bits per heavy atom. The minimum absolute atomic E-state index is 0.0899. The average molecular weight is 466 g/mol. The van der Waals surface area contributed by atoms with E-state index >= 15 is 0 Å². The lowest BCUT2D eigenvalue weighted by atomic mass is 10.1. The van der Waals surface area contributed by atoms with Crippen LogP contribution < -0.4 is 4.72 Å². The summed E-state index contributed by atoms with van der Waals surface area (Å²) in [5, 5.41) is -0.575. The van der Waals surface area contributed by atoms with E-state index in [1.807, 2.05) is 4.72 Å². The summed E-state index contributed by atoms with van der Waals surface area (Å²) in [5.74, 6) is 0. The molecule has 0 amide bonds. The Balaban J connectivity index is 2.46. The van der Waals surface area contributed by atoms with E-state index in [0.717, 1.165) is 25.3 Å². The van der Waals surface area contributed by atoms with Crippen molar-refractivity contribution >= 4 is 40.8 Å². The van der Waals surface area contributed by atoms with Gasteiger partial charge in [-0.25, -0.2) is 8.42 Å². The highest BCUT2D eigenvalue weighted by Crippen LogP contribution is 2.52. The van der Waals surface area contributed by atoms with Gasteiger partial charge in [-0.2, -0.15) is 13.2 Å². The van der Waals surface area contributed by atoms with E-state index in [1.165, 1.54) is 6.08 Å². The normalized spacial score (nSPS) is 20.5. The summed E-state index contributed by atoms with van der Waals surface area (Å²) in [5.41, 5.74) is -2.89. The highest BCUT2D eigenvalue weighted by atomic mass is 35.5. The van der Waals surface area contributed by atoms with Crippen molar-refractivity contribution in [2.75, 3.05) is 7.11 Å². The van der Waals surface area contributed by atoms with Gasteiger partial charge in [0.2, 0.25) is 0 Å². The summed E-state index contributed by atoms with van der Waals surface area (Å²) in [6.45, 7) is 0. The Hall–Kier alpha value is -1.03. The fraction of sp³-hybridized carbons (Fsp3) is 0.286. The first-order valence-corrected chi connectivity index (χ1v) is 11.0. The van der Waals surface area contributed by atoms with Gasteiger partial charge in [-0.15, -0.1) is 0 Å². The monoisotopic (exact) mass is 465 g/mol. The maximum absolute atomic E-state index is 13.0. The summed E-state index contributed by atoms with van der Waals surface area (Å²) in [6.07, 6.45) is -2.49. The summed E-state index contributed by atoms with van der Waals surface area (Å²) in [4.78, 5) is 9.15. The Kier molecular flexibility index (Phi) is 6.41. The van der Waals surface area contributed by atoms with Crippen LogP contribution in [0.5, 0.6) is 0 Å². The molecule has 0 heterocycles. The van der Waals surface area contributed by atoms with E-state index in [2.05, 4.69) is 4.52 Å². The molecule has 0 aromatic heterocycles. The smallest absolute Gasteiger partial charge is 0.324 e. The summed E-state index contributed by atoms with van der Waals surface area (Å²) >= 11 is 11.3. The molecule has 2 atom stereocenters. The Morgan fingerprint density at radius 3 is 2.52 bits per heavy atom. The van der Waals surface area contributed by atoms with E-state index in [-0.39, 0.29) is 17.2 Å². The van der Waals surface area contributed by atoms with Gasteiger partial charge in [0, 0.05) is 17.8 Å². The van der Waals surface area contributed by atoms with Crippen molar-refractivity contribution in [1.29, 1.82) is 0 Å². The van der Waals surface area contributed by atoms with Crippen molar-refractivity contribution in [2.24, 2.45) is 0 Å². The van der Waals surface area contributed by atoms with Crippen molar-refractivity contribution in [3.63, 3.8) is 0 Å². The quantitative estimate of drug-likeness (QED) is 0.634. The van der Waals surface area contributed by atoms with Crippen LogP contribution >= 0.6 is 30.8 Å². The Bertz CT molecular complexity index is 962.